The lowest BCUT2D eigenvalue weighted by Crippen LogP contribution is -2.49. The van der Waals surface area contributed by atoms with Gasteiger partial charge in [0.15, 0.2) is 12.9 Å². The highest BCUT2D eigenvalue weighted by Crippen LogP contribution is 2.30. The molecule has 368 valence electrons. The van der Waals surface area contributed by atoms with Crippen LogP contribution in [0.3, 0.4) is 0 Å². The zero-order valence-electron chi connectivity index (χ0n) is 41.6. The van der Waals surface area contributed by atoms with Gasteiger partial charge in [0, 0.05) is 75.0 Å². The van der Waals surface area contributed by atoms with Crippen LogP contribution in [0.4, 0.5) is 5.69 Å². The first kappa shape index (κ1) is 59.6. The molecule has 16 heteroatoms. The maximum Gasteiger partial charge on any atom is 0.257 e. The summed E-state index contributed by atoms with van der Waals surface area (Å²) in [6, 6.07) is 11.0. The quantitative estimate of drug-likeness (QED) is 0.0263. The number of nitrogens with zero attached hydrogens (tertiary/aromatic N) is 2. The van der Waals surface area contributed by atoms with Crippen molar-refractivity contribution in [2.45, 2.75) is 139 Å². The number of carbonyl (C=O) groups excluding carboxylic acids is 5. The smallest absolute Gasteiger partial charge is 0.257 e. The normalized spacial score (nSPS) is 13.3. The second kappa shape index (κ2) is 33.2. The van der Waals surface area contributed by atoms with Crippen LogP contribution in [-0.2, 0) is 19.2 Å². The summed E-state index contributed by atoms with van der Waals surface area (Å²) in [6.07, 6.45) is 9.86. The molecule has 4 amide bonds. The molecule has 1 aliphatic heterocycles. The number of halogens is 1. The van der Waals surface area contributed by atoms with E-state index in [-0.39, 0.29) is 36.3 Å². The number of hydrogen-bond acceptors (Lipinski definition) is 12. The van der Waals surface area contributed by atoms with Crippen molar-refractivity contribution in [2.24, 2.45) is 9.98 Å². The Morgan fingerprint density at radius 2 is 1.48 bits per heavy atom. The molecule has 0 spiro atoms. The van der Waals surface area contributed by atoms with E-state index in [4.69, 9.17) is 27.2 Å². The van der Waals surface area contributed by atoms with Crippen LogP contribution in [0.2, 0.25) is 5.02 Å². The van der Waals surface area contributed by atoms with Gasteiger partial charge in [0.25, 0.3) is 5.91 Å². The fourth-order valence-electron chi connectivity index (χ4n) is 6.25. The second-order valence-electron chi connectivity index (χ2n) is 16.3. The molecular formula is C51H75ClN8O6S. The van der Waals surface area contributed by atoms with Crippen LogP contribution < -0.4 is 26.0 Å². The number of hydrogen-bond donors (Lipinski definition) is 6. The zero-order chi connectivity index (χ0) is 50.5. The summed E-state index contributed by atoms with van der Waals surface area (Å²) in [6.45, 7) is 21.0. The molecule has 2 aromatic carbocycles. The number of aryl methyl sites for hydroxylation is 3. The fraction of sp³-hybridized carbons (Fsp3) is 0.510. The van der Waals surface area contributed by atoms with Gasteiger partial charge in [-0.25, -0.2) is 0 Å². The maximum atomic E-state index is 12.0. The van der Waals surface area contributed by atoms with E-state index < -0.39 is 0 Å². The summed E-state index contributed by atoms with van der Waals surface area (Å²) in [5, 5.41) is 25.8. The third-order valence-electron chi connectivity index (χ3n) is 10.4. The number of benzene rings is 2. The summed E-state index contributed by atoms with van der Waals surface area (Å²) in [5.41, 5.74) is 8.68. The van der Waals surface area contributed by atoms with Gasteiger partial charge in [-0.3, -0.25) is 39.3 Å². The van der Waals surface area contributed by atoms with Crippen LogP contribution in [-0.4, -0.2) is 92.1 Å². The average molecular weight is 964 g/mol. The Morgan fingerprint density at radius 1 is 0.881 bits per heavy atom. The predicted molar refractivity (Wildman–Crippen MR) is 277 cm³/mol. The standard InChI is InChI=1S/C24H37N3O4.C17H19ClN2S.C6H10N2O2.C4H9N/c1-5-19(3)27-24-18(2)14-22(15-21(24)16-28)31-17-23(30)26-13-11-9-7-6-8-10-12-25-20(4)29;1-10(19)9-20-17(14-5-7-15(18)8-6-14)16-11(2)12(3)21-13(16)4;1-7-4-2-3-5(9)8-6(4)10;1-3-4(2)5/h14-16H,5-13,17H2,1-4H3,(H,25,29)(H,26,30);5-8,19H,9H2,1-4H3;4,7H,2-3H2,1H3,(H,8,9,10);5H,3H2,1-2H3. The Morgan fingerprint density at radius 3 is 1.97 bits per heavy atom. The lowest BCUT2D eigenvalue weighted by molar-refractivity contribution is -0.134. The van der Waals surface area contributed by atoms with Crippen LogP contribution in [0.5, 0.6) is 5.75 Å². The second-order valence-corrected chi connectivity index (χ2v) is 18.2. The first-order valence-corrected chi connectivity index (χ1v) is 24.2. The SMILES string of the molecule is CC(=N)CN=C(c1ccc(Cl)cc1)c1c(C)sc(C)c1C.CCC(C)=N.CCC(C)=Nc1c(C)cc(OCC(=O)NCCCCCCCCNC(C)=O)cc1C=O.CNC1CCC(=O)NC1=O. The number of aliphatic imine (C=N–C) groups is 2. The third-order valence-corrected chi connectivity index (χ3v) is 11.8. The molecule has 2 heterocycles. The van der Waals surface area contributed by atoms with Crippen molar-refractivity contribution in [1.29, 1.82) is 10.8 Å². The number of piperidine rings is 1. The number of ether oxygens (including phenoxy) is 1. The number of nitrogens with one attached hydrogen (secondary N) is 6. The molecule has 4 rings (SSSR count). The first-order chi connectivity index (χ1) is 31.8. The molecule has 67 heavy (non-hydrogen) atoms. The lowest BCUT2D eigenvalue weighted by Gasteiger charge is -2.19. The molecule has 0 saturated carbocycles. The van der Waals surface area contributed by atoms with Crippen LogP contribution in [0.1, 0.15) is 148 Å². The molecule has 0 aliphatic carbocycles. The van der Waals surface area contributed by atoms with Crippen LogP contribution in [0.25, 0.3) is 0 Å². The van der Waals surface area contributed by atoms with Gasteiger partial charge >= 0.3 is 0 Å². The third kappa shape index (κ3) is 24.3. The van der Waals surface area contributed by atoms with Crippen molar-refractivity contribution in [3.05, 3.63) is 79.0 Å². The highest BCUT2D eigenvalue weighted by atomic mass is 35.5. The van der Waals surface area contributed by atoms with Crippen molar-refractivity contribution in [3.8, 4) is 5.75 Å². The Kier molecular flexibility index (Phi) is 29.5. The van der Waals surface area contributed by atoms with Crippen LogP contribution in [0.15, 0.2) is 46.4 Å². The van der Waals surface area contributed by atoms with Gasteiger partial charge in [-0.2, -0.15) is 0 Å². The van der Waals surface area contributed by atoms with E-state index in [0.29, 0.717) is 48.6 Å². The van der Waals surface area contributed by atoms with Gasteiger partial charge in [0.1, 0.15) is 5.75 Å². The summed E-state index contributed by atoms with van der Waals surface area (Å²) in [7, 11) is 1.71. The molecule has 6 N–H and O–H groups in total. The number of likely N-dealkylation sites (N-methyl/N-ethyl adjacent to an activating group) is 1. The molecular weight excluding hydrogens is 888 g/mol. The van der Waals surface area contributed by atoms with Gasteiger partial charge in [-0.15, -0.1) is 11.3 Å². The topological polar surface area (TPSA) is 215 Å². The molecule has 1 aromatic heterocycles. The van der Waals surface area contributed by atoms with Crippen molar-refractivity contribution >= 4 is 81.4 Å². The van der Waals surface area contributed by atoms with E-state index in [1.54, 1.807) is 44.4 Å². The summed E-state index contributed by atoms with van der Waals surface area (Å²) >= 11 is 7.78. The summed E-state index contributed by atoms with van der Waals surface area (Å²) < 4.78 is 5.58. The maximum absolute atomic E-state index is 12.0. The van der Waals surface area contributed by atoms with E-state index in [1.165, 1.54) is 27.8 Å². The predicted octanol–water partition coefficient (Wildman–Crippen LogP) is 9.93. The monoisotopic (exact) mass is 963 g/mol. The molecule has 1 fully saturated rings. The molecule has 0 radical (unpaired) electrons. The van der Waals surface area contributed by atoms with Gasteiger partial charge in [0.2, 0.25) is 17.7 Å². The molecule has 14 nitrogen and oxygen atoms in total. The summed E-state index contributed by atoms with van der Waals surface area (Å²) in [5.74, 6) is -0.0471. The molecule has 1 atom stereocenters. The zero-order valence-corrected chi connectivity index (χ0v) is 43.2. The average Bonchev–Trinajstić information content (AvgIpc) is 3.54. The molecule has 0 bridgehead atoms. The van der Waals surface area contributed by atoms with Crippen molar-refractivity contribution < 1.29 is 28.7 Å². The van der Waals surface area contributed by atoms with Gasteiger partial charge in [0.05, 0.1) is 24.0 Å². The minimum absolute atomic E-state index is 0.0206. The fourth-order valence-corrected chi connectivity index (χ4v) is 7.44. The van der Waals surface area contributed by atoms with E-state index in [2.05, 4.69) is 52.0 Å². The number of imide groups is 1. The van der Waals surface area contributed by atoms with Crippen LogP contribution in [0, 0.1) is 38.5 Å². The van der Waals surface area contributed by atoms with Crippen molar-refractivity contribution in [1.82, 2.24) is 21.3 Å². The minimum atomic E-state index is -0.209. The highest BCUT2D eigenvalue weighted by Gasteiger charge is 2.24. The van der Waals surface area contributed by atoms with E-state index in [0.717, 1.165) is 97.5 Å². The first-order valence-electron chi connectivity index (χ1n) is 23.0. The van der Waals surface area contributed by atoms with Gasteiger partial charge < -0.3 is 31.5 Å². The van der Waals surface area contributed by atoms with E-state index in [1.807, 2.05) is 52.0 Å². The molecule has 3 aromatic rings. The number of unbranched alkanes of at least 4 members (excludes halogenated alkanes) is 5. The lowest BCUT2D eigenvalue weighted by atomic mass is 9.98. The summed E-state index contributed by atoms with van der Waals surface area (Å²) in [4.78, 5) is 67.4. The number of amides is 4. The minimum Gasteiger partial charge on any atom is -0.484 e. The Balaban J connectivity index is 0.000000529. The van der Waals surface area contributed by atoms with E-state index in [9.17, 15) is 24.0 Å². The number of rotatable bonds is 21. The van der Waals surface area contributed by atoms with Crippen LogP contribution >= 0.6 is 22.9 Å². The van der Waals surface area contributed by atoms with Crippen molar-refractivity contribution in [3.63, 3.8) is 0 Å². The molecule has 1 saturated heterocycles. The number of carbonyl (C=O) groups is 5. The molecule has 1 unspecified atom stereocenters. The largest absolute Gasteiger partial charge is 0.484 e. The van der Waals surface area contributed by atoms with Gasteiger partial charge in [-0.05, 0) is 123 Å². The van der Waals surface area contributed by atoms with Crippen molar-refractivity contribution in [2.75, 3.05) is 33.3 Å². The number of thiophene rings is 1. The number of aldehydes is 1. The Bertz CT molecular complexity index is 2170. The highest BCUT2D eigenvalue weighted by molar-refractivity contribution is 7.12. The Labute approximate surface area is 408 Å². The van der Waals surface area contributed by atoms with Gasteiger partial charge in [-0.1, -0.05) is 63.3 Å². The van der Waals surface area contributed by atoms with E-state index >= 15 is 0 Å². The Hall–Kier alpha value is -5.38. The molecule has 1 aliphatic rings.